The number of halogens is 1. The Morgan fingerprint density at radius 2 is 2.00 bits per heavy atom. The molecule has 0 aliphatic heterocycles. The van der Waals surface area contributed by atoms with Crippen LogP contribution in [0.3, 0.4) is 0 Å². The summed E-state index contributed by atoms with van der Waals surface area (Å²) < 4.78 is 18.8. The van der Waals surface area contributed by atoms with Crippen LogP contribution in [0, 0.1) is 5.82 Å². The van der Waals surface area contributed by atoms with Gasteiger partial charge in [-0.25, -0.2) is 4.39 Å². The van der Waals surface area contributed by atoms with Crippen LogP contribution in [0.4, 0.5) is 4.39 Å². The van der Waals surface area contributed by atoms with Gasteiger partial charge in [0.05, 0.1) is 7.11 Å². The van der Waals surface area contributed by atoms with Crippen LogP contribution in [0.25, 0.3) is 0 Å². The van der Waals surface area contributed by atoms with Crippen LogP contribution in [0.1, 0.15) is 24.9 Å². The van der Waals surface area contributed by atoms with Crippen molar-refractivity contribution in [1.29, 1.82) is 0 Å². The molecular formula is C16H28FN3O. The molecule has 0 aliphatic carbocycles. The second-order valence-corrected chi connectivity index (χ2v) is 5.43. The van der Waals surface area contributed by atoms with E-state index in [4.69, 9.17) is 10.5 Å². The van der Waals surface area contributed by atoms with Gasteiger partial charge in [0, 0.05) is 19.1 Å². The van der Waals surface area contributed by atoms with Gasteiger partial charge in [-0.2, -0.15) is 0 Å². The molecule has 0 heterocycles. The summed E-state index contributed by atoms with van der Waals surface area (Å²) in [6, 6.07) is 5.14. The van der Waals surface area contributed by atoms with Gasteiger partial charge in [-0.3, -0.25) is 4.90 Å². The lowest BCUT2D eigenvalue weighted by Crippen LogP contribution is -2.35. The minimum absolute atomic E-state index is 0.0394. The molecule has 1 unspecified atom stereocenters. The largest absolute Gasteiger partial charge is 0.494 e. The highest BCUT2D eigenvalue weighted by Gasteiger charge is 2.19. The SMILES string of the molecule is CCN(CCCN(C)C)C(CN)c1ccc(OC)c(F)c1. The number of hydrogen-bond donors (Lipinski definition) is 1. The first kappa shape index (κ1) is 17.9. The molecule has 120 valence electrons. The number of benzene rings is 1. The van der Waals surface area contributed by atoms with E-state index in [0.717, 1.165) is 31.6 Å². The van der Waals surface area contributed by atoms with Crippen LogP contribution < -0.4 is 10.5 Å². The van der Waals surface area contributed by atoms with E-state index in [0.29, 0.717) is 6.54 Å². The summed E-state index contributed by atoms with van der Waals surface area (Å²) in [5, 5.41) is 0. The minimum atomic E-state index is -0.335. The third-order valence-electron chi connectivity index (χ3n) is 3.68. The molecule has 1 rings (SSSR count). The molecule has 0 saturated heterocycles. The number of methoxy groups -OCH3 is 1. The summed E-state index contributed by atoms with van der Waals surface area (Å²) in [5.41, 5.74) is 6.83. The van der Waals surface area contributed by atoms with Crippen LogP contribution in [-0.2, 0) is 0 Å². The minimum Gasteiger partial charge on any atom is -0.494 e. The van der Waals surface area contributed by atoms with Gasteiger partial charge in [0.15, 0.2) is 11.6 Å². The third kappa shape index (κ3) is 5.26. The number of rotatable bonds is 9. The summed E-state index contributed by atoms with van der Waals surface area (Å²) in [7, 11) is 5.60. The third-order valence-corrected chi connectivity index (χ3v) is 3.68. The van der Waals surface area contributed by atoms with Crippen molar-refractivity contribution >= 4 is 0 Å². The van der Waals surface area contributed by atoms with Crippen molar-refractivity contribution < 1.29 is 9.13 Å². The maximum absolute atomic E-state index is 13.9. The molecule has 4 nitrogen and oxygen atoms in total. The highest BCUT2D eigenvalue weighted by Crippen LogP contribution is 2.25. The number of nitrogens with two attached hydrogens (primary N) is 1. The van der Waals surface area contributed by atoms with E-state index in [1.165, 1.54) is 13.2 Å². The van der Waals surface area contributed by atoms with Crippen LogP contribution in [0.2, 0.25) is 0 Å². The molecule has 21 heavy (non-hydrogen) atoms. The van der Waals surface area contributed by atoms with Crippen molar-refractivity contribution in [1.82, 2.24) is 9.80 Å². The first-order valence-electron chi connectivity index (χ1n) is 7.45. The highest BCUT2D eigenvalue weighted by molar-refractivity contribution is 5.31. The summed E-state index contributed by atoms with van der Waals surface area (Å²) in [5.74, 6) is -0.0667. The summed E-state index contributed by atoms with van der Waals surface area (Å²) in [4.78, 5) is 4.46. The predicted molar refractivity (Wildman–Crippen MR) is 85.2 cm³/mol. The summed E-state index contributed by atoms with van der Waals surface area (Å²) in [6.07, 6.45) is 1.07. The van der Waals surface area contributed by atoms with Crippen LogP contribution in [-0.4, -0.2) is 57.2 Å². The van der Waals surface area contributed by atoms with E-state index in [2.05, 4.69) is 30.8 Å². The van der Waals surface area contributed by atoms with Crippen molar-refractivity contribution in [2.75, 3.05) is 47.4 Å². The molecule has 0 amide bonds. The highest BCUT2D eigenvalue weighted by atomic mass is 19.1. The Balaban J connectivity index is 2.80. The van der Waals surface area contributed by atoms with Crippen molar-refractivity contribution in [2.45, 2.75) is 19.4 Å². The van der Waals surface area contributed by atoms with Crippen LogP contribution in [0.5, 0.6) is 5.75 Å². The Morgan fingerprint density at radius 1 is 1.29 bits per heavy atom. The smallest absolute Gasteiger partial charge is 0.165 e. The molecule has 1 aromatic rings. The Morgan fingerprint density at radius 3 is 2.48 bits per heavy atom. The van der Waals surface area contributed by atoms with Gasteiger partial charge >= 0.3 is 0 Å². The maximum atomic E-state index is 13.9. The van der Waals surface area contributed by atoms with Crippen LogP contribution in [0.15, 0.2) is 18.2 Å². The number of likely N-dealkylation sites (N-methyl/N-ethyl adjacent to an activating group) is 1. The van der Waals surface area contributed by atoms with Crippen molar-refractivity contribution in [3.8, 4) is 5.75 Å². The fourth-order valence-electron chi connectivity index (χ4n) is 2.51. The van der Waals surface area contributed by atoms with E-state index >= 15 is 0 Å². The molecule has 0 saturated carbocycles. The number of ether oxygens (including phenoxy) is 1. The first-order chi connectivity index (χ1) is 10.0. The second-order valence-electron chi connectivity index (χ2n) is 5.43. The lowest BCUT2D eigenvalue weighted by Gasteiger charge is -2.30. The molecule has 5 heteroatoms. The average molecular weight is 297 g/mol. The molecule has 0 aromatic heterocycles. The fraction of sp³-hybridized carbons (Fsp3) is 0.625. The Bertz CT molecular complexity index is 426. The van der Waals surface area contributed by atoms with E-state index < -0.39 is 0 Å². The monoisotopic (exact) mass is 297 g/mol. The zero-order valence-electron chi connectivity index (χ0n) is 13.6. The summed E-state index contributed by atoms with van der Waals surface area (Å²) >= 11 is 0. The molecule has 0 aliphatic rings. The molecule has 0 fully saturated rings. The topological polar surface area (TPSA) is 41.7 Å². The molecule has 0 bridgehead atoms. The first-order valence-corrected chi connectivity index (χ1v) is 7.45. The molecular weight excluding hydrogens is 269 g/mol. The van der Waals surface area contributed by atoms with Gasteiger partial charge in [0.25, 0.3) is 0 Å². The lowest BCUT2D eigenvalue weighted by atomic mass is 10.0. The fourth-order valence-corrected chi connectivity index (χ4v) is 2.51. The van der Waals surface area contributed by atoms with Crippen molar-refractivity contribution in [3.05, 3.63) is 29.6 Å². The van der Waals surface area contributed by atoms with Crippen molar-refractivity contribution in [2.24, 2.45) is 5.73 Å². The second kappa shape index (κ2) is 8.97. The van der Waals surface area contributed by atoms with Crippen LogP contribution >= 0.6 is 0 Å². The molecule has 1 aromatic carbocycles. The Kier molecular flexibility index (Phi) is 7.64. The molecule has 0 radical (unpaired) electrons. The van der Waals surface area contributed by atoms with E-state index in [-0.39, 0.29) is 17.6 Å². The predicted octanol–water partition coefficient (Wildman–Crippen LogP) is 2.11. The standard InChI is InChI=1S/C16H28FN3O/c1-5-20(10-6-9-19(2)3)15(12-18)13-7-8-16(21-4)14(17)11-13/h7-8,11,15H,5-6,9-10,12,18H2,1-4H3. The zero-order valence-corrected chi connectivity index (χ0v) is 13.6. The quantitative estimate of drug-likeness (QED) is 0.758. The summed E-state index contributed by atoms with van der Waals surface area (Å²) in [6.45, 7) is 5.46. The average Bonchev–Trinajstić information content (AvgIpc) is 2.46. The molecule has 2 N–H and O–H groups in total. The number of hydrogen-bond acceptors (Lipinski definition) is 4. The van der Waals surface area contributed by atoms with Gasteiger partial charge in [0.2, 0.25) is 0 Å². The van der Waals surface area contributed by atoms with E-state index in [9.17, 15) is 4.39 Å². The van der Waals surface area contributed by atoms with Gasteiger partial charge in [-0.05, 0) is 51.3 Å². The maximum Gasteiger partial charge on any atom is 0.165 e. The Labute approximate surface area is 127 Å². The van der Waals surface area contributed by atoms with Gasteiger partial charge < -0.3 is 15.4 Å². The normalized spacial score (nSPS) is 13.0. The van der Waals surface area contributed by atoms with E-state index in [1.54, 1.807) is 6.07 Å². The molecule has 0 spiro atoms. The number of nitrogens with zero attached hydrogens (tertiary/aromatic N) is 2. The molecule has 1 atom stereocenters. The van der Waals surface area contributed by atoms with Gasteiger partial charge in [0.1, 0.15) is 0 Å². The van der Waals surface area contributed by atoms with Crippen molar-refractivity contribution in [3.63, 3.8) is 0 Å². The Hall–Kier alpha value is -1.17. The lowest BCUT2D eigenvalue weighted by molar-refractivity contribution is 0.201. The van der Waals surface area contributed by atoms with E-state index in [1.807, 2.05) is 6.07 Å². The zero-order chi connectivity index (χ0) is 15.8. The van der Waals surface area contributed by atoms with Gasteiger partial charge in [-0.15, -0.1) is 0 Å². The van der Waals surface area contributed by atoms with Gasteiger partial charge in [-0.1, -0.05) is 13.0 Å².